The van der Waals surface area contributed by atoms with Crippen LogP contribution in [0.2, 0.25) is 0 Å². The van der Waals surface area contributed by atoms with Gasteiger partial charge in [0, 0.05) is 30.7 Å². The quantitative estimate of drug-likeness (QED) is 0.466. The lowest BCUT2D eigenvalue weighted by Crippen LogP contribution is -2.44. The number of carbonyl (C=O) groups is 1. The van der Waals surface area contributed by atoms with E-state index in [2.05, 4.69) is 5.32 Å². The number of imidazole rings is 1. The molecule has 4 rings (SSSR count). The van der Waals surface area contributed by atoms with Crippen molar-refractivity contribution in [3.8, 4) is 17.2 Å². The van der Waals surface area contributed by atoms with E-state index in [0.717, 1.165) is 28.1 Å². The molecule has 0 saturated carbocycles. The van der Waals surface area contributed by atoms with Gasteiger partial charge in [-0.15, -0.1) is 0 Å². The average Bonchev–Trinajstić information content (AvgIpc) is 3.30. The van der Waals surface area contributed by atoms with Crippen LogP contribution in [-0.4, -0.2) is 45.2 Å². The fourth-order valence-electron chi connectivity index (χ4n) is 3.64. The zero-order valence-corrected chi connectivity index (χ0v) is 18.3. The number of methoxy groups -OCH3 is 1. The van der Waals surface area contributed by atoms with Gasteiger partial charge in [-0.3, -0.25) is 9.30 Å². The molecule has 0 aliphatic rings. The molecule has 0 spiro atoms. The smallest absolute Gasteiger partial charge is 0.408 e. The highest BCUT2D eigenvalue weighted by Gasteiger charge is 2.26. The average molecular weight is 422 g/mol. The van der Waals surface area contributed by atoms with Crippen molar-refractivity contribution in [2.75, 3.05) is 19.5 Å². The monoisotopic (exact) mass is 422 g/mol. The third-order valence-corrected chi connectivity index (χ3v) is 5.27. The molecule has 3 aromatic heterocycles. The van der Waals surface area contributed by atoms with E-state index in [1.165, 1.54) is 4.90 Å². The van der Waals surface area contributed by atoms with Gasteiger partial charge >= 0.3 is 6.09 Å². The van der Waals surface area contributed by atoms with Crippen molar-refractivity contribution in [2.45, 2.75) is 32.9 Å². The van der Waals surface area contributed by atoms with Gasteiger partial charge in [-0.1, -0.05) is 0 Å². The molecule has 8 heteroatoms. The Morgan fingerprint density at radius 3 is 2.68 bits per heavy atom. The number of benzene rings is 1. The first-order chi connectivity index (χ1) is 14.7. The SMILES string of the molecule is CNc1c(-c2cc3cc(OC)ccc3o2)nc2cc(CN(C(=O)O)C(C)(C)C)ccn12. The van der Waals surface area contributed by atoms with Crippen molar-refractivity contribution in [2.24, 2.45) is 0 Å². The Balaban J connectivity index is 1.76. The first-order valence-corrected chi connectivity index (χ1v) is 9.98. The van der Waals surface area contributed by atoms with E-state index >= 15 is 0 Å². The molecule has 0 atom stereocenters. The summed E-state index contributed by atoms with van der Waals surface area (Å²) in [6.07, 6.45) is 0.937. The molecule has 4 aromatic rings. The number of anilines is 1. The molecule has 2 N–H and O–H groups in total. The molecular weight excluding hydrogens is 396 g/mol. The minimum atomic E-state index is -0.954. The Bertz CT molecular complexity index is 1270. The van der Waals surface area contributed by atoms with Crippen molar-refractivity contribution in [3.05, 3.63) is 48.2 Å². The number of nitrogens with zero attached hydrogens (tertiary/aromatic N) is 3. The summed E-state index contributed by atoms with van der Waals surface area (Å²) < 4.78 is 13.3. The van der Waals surface area contributed by atoms with Gasteiger partial charge in [-0.05, 0) is 62.7 Å². The fourth-order valence-corrected chi connectivity index (χ4v) is 3.64. The minimum Gasteiger partial charge on any atom is -0.497 e. The van der Waals surface area contributed by atoms with Crippen molar-refractivity contribution in [1.29, 1.82) is 0 Å². The van der Waals surface area contributed by atoms with Gasteiger partial charge in [-0.25, -0.2) is 9.78 Å². The van der Waals surface area contributed by atoms with E-state index in [4.69, 9.17) is 14.1 Å². The number of fused-ring (bicyclic) bond motifs is 2. The summed E-state index contributed by atoms with van der Waals surface area (Å²) in [6.45, 7) is 5.91. The number of aromatic nitrogens is 2. The minimum absolute atomic E-state index is 0.275. The molecule has 3 heterocycles. The maximum Gasteiger partial charge on any atom is 0.408 e. The third-order valence-electron chi connectivity index (χ3n) is 5.27. The molecule has 1 amide bonds. The molecule has 0 saturated heterocycles. The van der Waals surface area contributed by atoms with Gasteiger partial charge in [0.25, 0.3) is 0 Å². The van der Waals surface area contributed by atoms with Crippen LogP contribution in [0.1, 0.15) is 26.3 Å². The van der Waals surface area contributed by atoms with E-state index in [-0.39, 0.29) is 6.54 Å². The highest BCUT2D eigenvalue weighted by molar-refractivity contribution is 5.86. The Morgan fingerprint density at radius 2 is 2.03 bits per heavy atom. The Morgan fingerprint density at radius 1 is 1.26 bits per heavy atom. The van der Waals surface area contributed by atoms with Crippen LogP contribution in [0.25, 0.3) is 28.1 Å². The molecule has 0 aliphatic carbocycles. The third kappa shape index (κ3) is 3.76. The standard InChI is InChI=1S/C23H26N4O4/c1-23(2,3)27(22(28)29)13-14-8-9-26-19(10-14)25-20(21(26)24-4)18-12-15-11-16(30-5)6-7-17(15)31-18/h6-12,24H,13H2,1-5H3,(H,28,29). The van der Waals surface area contributed by atoms with Gasteiger partial charge in [0.2, 0.25) is 0 Å². The number of ether oxygens (including phenoxy) is 1. The van der Waals surface area contributed by atoms with Crippen LogP contribution in [0.15, 0.2) is 47.0 Å². The number of carboxylic acid groups (broad SMARTS) is 1. The number of pyridine rings is 1. The summed E-state index contributed by atoms with van der Waals surface area (Å²) >= 11 is 0. The summed E-state index contributed by atoms with van der Waals surface area (Å²) in [7, 11) is 3.46. The first kappa shape index (κ1) is 20.6. The normalized spacial score (nSPS) is 11.8. The number of furan rings is 1. The number of rotatable bonds is 5. The highest BCUT2D eigenvalue weighted by atomic mass is 16.5. The van der Waals surface area contributed by atoms with Gasteiger partial charge in [0.1, 0.15) is 28.5 Å². The summed E-state index contributed by atoms with van der Waals surface area (Å²) in [5.74, 6) is 2.19. The molecule has 0 aliphatic heterocycles. The maximum atomic E-state index is 11.7. The number of nitrogens with one attached hydrogen (secondary N) is 1. The largest absolute Gasteiger partial charge is 0.497 e. The van der Waals surface area contributed by atoms with Crippen LogP contribution in [-0.2, 0) is 6.54 Å². The molecule has 0 unspecified atom stereocenters. The summed E-state index contributed by atoms with van der Waals surface area (Å²) in [5, 5.41) is 13.7. The van der Waals surface area contributed by atoms with E-state index in [1.54, 1.807) is 7.11 Å². The van der Waals surface area contributed by atoms with E-state index in [1.807, 2.05) is 74.8 Å². The highest BCUT2D eigenvalue weighted by Crippen LogP contribution is 2.34. The van der Waals surface area contributed by atoms with Gasteiger partial charge in [0.05, 0.1) is 7.11 Å². The van der Waals surface area contributed by atoms with Crippen LogP contribution in [0, 0.1) is 0 Å². The van der Waals surface area contributed by atoms with Crippen LogP contribution in [0.5, 0.6) is 5.75 Å². The summed E-state index contributed by atoms with van der Waals surface area (Å²) in [6, 6.07) is 11.4. The molecule has 0 bridgehead atoms. The van der Waals surface area contributed by atoms with Crippen LogP contribution < -0.4 is 10.1 Å². The first-order valence-electron chi connectivity index (χ1n) is 9.98. The molecular formula is C23H26N4O4. The fraction of sp³-hybridized carbons (Fsp3) is 0.304. The van der Waals surface area contributed by atoms with Crippen molar-refractivity contribution in [3.63, 3.8) is 0 Å². The lowest BCUT2D eigenvalue weighted by atomic mass is 10.1. The van der Waals surface area contributed by atoms with Gasteiger partial charge in [-0.2, -0.15) is 0 Å². The van der Waals surface area contributed by atoms with Gasteiger partial charge < -0.3 is 19.6 Å². The predicted molar refractivity (Wildman–Crippen MR) is 120 cm³/mol. The lowest BCUT2D eigenvalue weighted by molar-refractivity contribution is 0.0955. The van der Waals surface area contributed by atoms with Crippen LogP contribution in [0.4, 0.5) is 10.6 Å². The second-order valence-corrected chi connectivity index (χ2v) is 8.38. The summed E-state index contributed by atoms with van der Waals surface area (Å²) in [5.41, 5.74) is 2.48. The van der Waals surface area contributed by atoms with Crippen molar-refractivity contribution < 1.29 is 19.1 Å². The number of hydrogen-bond acceptors (Lipinski definition) is 5. The van der Waals surface area contributed by atoms with E-state index in [9.17, 15) is 9.90 Å². The number of amides is 1. The molecule has 8 nitrogen and oxygen atoms in total. The van der Waals surface area contributed by atoms with Crippen molar-refractivity contribution >= 4 is 28.5 Å². The Labute approximate surface area is 180 Å². The van der Waals surface area contributed by atoms with Crippen molar-refractivity contribution in [1.82, 2.24) is 14.3 Å². The Kier molecular flexibility index (Phi) is 5.00. The zero-order chi connectivity index (χ0) is 22.3. The second-order valence-electron chi connectivity index (χ2n) is 8.38. The van der Waals surface area contributed by atoms with Crippen LogP contribution in [0.3, 0.4) is 0 Å². The molecule has 0 radical (unpaired) electrons. The van der Waals surface area contributed by atoms with E-state index < -0.39 is 11.6 Å². The zero-order valence-electron chi connectivity index (χ0n) is 18.3. The molecule has 162 valence electrons. The van der Waals surface area contributed by atoms with E-state index in [0.29, 0.717) is 17.1 Å². The summed E-state index contributed by atoms with van der Waals surface area (Å²) in [4.78, 5) is 17.9. The molecule has 31 heavy (non-hydrogen) atoms. The van der Waals surface area contributed by atoms with Gasteiger partial charge in [0.15, 0.2) is 5.76 Å². The van der Waals surface area contributed by atoms with Crippen LogP contribution >= 0.6 is 0 Å². The predicted octanol–water partition coefficient (Wildman–Crippen LogP) is 5.08. The molecule has 1 aromatic carbocycles. The number of hydrogen-bond donors (Lipinski definition) is 2. The Hall–Kier alpha value is -3.68. The maximum absolute atomic E-state index is 11.7. The second kappa shape index (κ2) is 7.54. The topological polar surface area (TPSA) is 92.2 Å². The lowest BCUT2D eigenvalue weighted by Gasteiger charge is -2.33. The molecule has 0 fully saturated rings.